The van der Waals surface area contributed by atoms with Crippen molar-refractivity contribution in [3.05, 3.63) is 0 Å². The molecule has 0 aromatic carbocycles. The number of rotatable bonds is 5. The highest BCUT2D eigenvalue weighted by Crippen LogP contribution is 2.34. The second-order valence-corrected chi connectivity index (χ2v) is 4.49. The Hall–Kier alpha value is -0.370. The zero-order chi connectivity index (χ0) is 9.19. The predicted molar refractivity (Wildman–Crippen MR) is 49.8 cm³/mol. The van der Waals surface area contributed by atoms with Crippen LogP contribution in [0, 0.1) is 11.3 Å². The molecule has 0 unspecified atom stereocenters. The number of hydrogen-bond acceptors (Lipinski definition) is 2. The molecule has 2 N–H and O–H groups in total. The highest BCUT2D eigenvalue weighted by Gasteiger charge is 2.28. The monoisotopic (exact) mass is 169 g/mol. The van der Waals surface area contributed by atoms with Crippen molar-refractivity contribution in [2.45, 2.75) is 39.5 Å². The fourth-order valence-electron chi connectivity index (χ4n) is 1.19. The van der Waals surface area contributed by atoms with Crippen LogP contribution < -0.4 is 5.73 Å². The smallest absolute Gasteiger partial charge is 0.139 e. The van der Waals surface area contributed by atoms with E-state index in [1.165, 1.54) is 12.8 Å². The summed E-state index contributed by atoms with van der Waals surface area (Å²) >= 11 is 0. The van der Waals surface area contributed by atoms with E-state index in [0.29, 0.717) is 12.3 Å². The molecule has 0 aromatic heterocycles. The Labute approximate surface area is 74.5 Å². The normalized spacial score (nSPS) is 17.9. The molecule has 0 radical (unpaired) electrons. The summed E-state index contributed by atoms with van der Waals surface area (Å²) in [6.45, 7) is 4.33. The molecule has 1 aliphatic carbocycles. The standard InChI is InChI=1S/C10H19NO/c1-10(2,7-11)9(12)6-5-8-3-4-8/h8H,3-7,11H2,1-2H3. The molecule has 2 nitrogen and oxygen atoms in total. The summed E-state index contributed by atoms with van der Waals surface area (Å²) in [5.74, 6) is 1.18. The first-order valence-corrected chi connectivity index (χ1v) is 4.79. The Balaban J connectivity index is 2.25. The van der Waals surface area contributed by atoms with E-state index in [1.54, 1.807) is 0 Å². The summed E-state index contributed by atoms with van der Waals surface area (Å²) in [5, 5.41) is 0. The van der Waals surface area contributed by atoms with Crippen LogP contribution in [0.2, 0.25) is 0 Å². The molecule has 1 fully saturated rings. The lowest BCUT2D eigenvalue weighted by Gasteiger charge is -2.20. The summed E-state index contributed by atoms with van der Waals surface area (Å²) in [5.41, 5.74) is 5.21. The summed E-state index contributed by atoms with van der Waals surface area (Å²) in [4.78, 5) is 11.5. The lowest BCUT2D eigenvalue weighted by Crippen LogP contribution is -2.32. The predicted octanol–water partition coefficient (Wildman–Crippen LogP) is 1.73. The van der Waals surface area contributed by atoms with Crippen LogP contribution in [0.4, 0.5) is 0 Å². The Morgan fingerprint density at radius 2 is 2.08 bits per heavy atom. The lowest BCUT2D eigenvalue weighted by molar-refractivity contribution is -0.126. The van der Waals surface area contributed by atoms with E-state index in [-0.39, 0.29) is 5.41 Å². The molecule has 2 heteroatoms. The van der Waals surface area contributed by atoms with E-state index < -0.39 is 0 Å². The van der Waals surface area contributed by atoms with E-state index >= 15 is 0 Å². The zero-order valence-electron chi connectivity index (χ0n) is 8.10. The van der Waals surface area contributed by atoms with Gasteiger partial charge in [-0.3, -0.25) is 4.79 Å². The minimum atomic E-state index is -0.297. The first-order chi connectivity index (χ1) is 5.56. The first kappa shape index (κ1) is 9.72. The van der Waals surface area contributed by atoms with Crippen molar-refractivity contribution in [2.24, 2.45) is 17.1 Å². The number of carbonyl (C=O) groups is 1. The molecular formula is C10H19NO. The second kappa shape index (κ2) is 3.56. The molecule has 0 spiro atoms. The van der Waals surface area contributed by atoms with Gasteiger partial charge < -0.3 is 5.73 Å². The third-order valence-electron chi connectivity index (χ3n) is 2.74. The molecule has 0 aliphatic heterocycles. The molecule has 0 atom stereocenters. The fraction of sp³-hybridized carbons (Fsp3) is 0.900. The first-order valence-electron chi connectivity index (χ1n) is 4.79. The van der Waals surface area contributed by atoms with Crippen molar-refractivity contribution in [3.8, 4) is 0 Å². The van der Waals surface area contributed by atoms with E-state index in [0.717, 1.165) is 18.8 Å². The van der Waals surface area contributed by atoms with Crippen LogP contribution in [0.1, 0.15) is 39.5 Å². The number of nitrogens with two attached hydrogens (primary N) is 1. The Bertz CT molecular complexity index is 171. The molecule has 70 valence electrons. The summed E-state index contributed by atoms with van der Waals surface area (Å²) < 4.78 is 0. The van der Waals surface area contributed by atoms with Crippen LogP contribution >= 0.6 is 0 Å². The van der Waals surface area contributed by atoms with Crippen LogP contribution in [0.5, 0.6) is 0 Å². The highest BCUT2D eigenvalue weighted by molar-refractivity contribution is 5.84. The molecule has 1 rings (SSSR count). The highest BCUT2D eigenvalue weighted by atomic mass is 16.1. The number of carbonyl (C=O) groups excluding carboxylic acids is 1. The number of Topliss-reactive ketones (excluding diaryl/α,β-unsaturated/α-hetero) is 1. The van der Waals surface area contributed by atoms with Gasteiger partial charge in [-0.2, -0.15) is 0 Å². The topological polar surface area (TPSA) is 43.1 Å². The zero-order valence-corrected chi connectivity index (χ0v) is 8.10. The molecule has 0 saturated heterocycles. The second-order valence-electron chi connectivity index (χ2n) is 4.49. The van der Waals surface area contributed by atoms with Crippen LogP contribution in [-0.4, -0.2) is 12.3 Å². The molecule has 0 bridgehead atoms. The molecule has 12 heavy (non-hydrogen) atoms. The quantitative estimate of drug-likeness (QED) is 0.681. The van der Waals surface area contributed by atoms with Gasteiger partial charge in [0.15, 0.2) is 0 Å². The summed E-state index contributed by atoms with van der Waals surface area (Å²) in [6, 6.07) is 0. The molecule has 0 amide bonds. The average molecular weight is 169 g/mol. The van der Waals surface area contributed by atoms with E-state index in [2.05, 4.69) is 0 Å². The number of ketones is 1. The van der Waals surface area contributed by atoms with Gasteiger partial charge >= 0.3 is 0 Å². The Kier molecular flexibility index (Phi) is 2.89. The maximum absolute atomic E-state index is 11.5. The molecule has 1 saturated carbocycles. The van der Waals surface area contributed by atoms with Crippen molar-refractivity contribution in [1.82, 2.24) is 0 Å². The van der Waals surface area contributed by atoms with Gasteiger partial charge in [-0.25, -0.2) is 0 Å². The van der Waals surface area contributed by atoms with Crippen molar-refractivity contribution in [3.63, 3.8) is 0 Å². The largest absolute Gasteiger partial charge is 0.329 e. The van der Waals surface area contributed by atoms with Gasteiger partial charge in [0.1, 0.15) is 5.78 Å². The molecule has 0 heterocycles. The van der Waals surface area contributed by atoms with E-state index in [4.69, 9.17) is 5.73 Å². The van der Waals surface area contributed by atoms with Crippen molar-refractivity contribution >= 4 is 5.78 Å². The number of hydrogen-bond donors (Lipinski definition) is 1. The van der Waals surface area contributed by atoms with Crippen LogP contribution in [0.3, 0.4) is 0 Å². The van der Waals surface area contributed by atoms with Crippen LogP contribution in [-0.2, 0) is 4.79 Å². The van der Waals surface area contributed by atoms with Gasteiger partial charge in [-0.15, -0.1) is 0 Å². The average Bonchev–Trinajstić information content (AvgIpc) is 2.83. The van der Waals surface area contributed by atoms with Crippen LogP contribution in [0.25, 0.3) is 0 Å². The van der Waals surface area contributed by atoms with Crippen molar-refractivity contribution in [1.29, 1.82) is 0 Å². The van der Waals surface area contributed by atoms with Crippen LogP contribution in [0.15, 0.2) is 0 Å². The molecule has 0 aromatic rings. The van der Waals surface area contributed by atoms with Gasteiger partial charge in [-0.05, 0) is 12.3 Å². The van der Waals surface area contributed by atoms with Crippen molar-refractivity contribution in [2.75, 3.05) is 6.54 Å². The van der Waals surface area contributed by atoms with E-state index in [9.17, 15) is 4.79 Å². The lowest BCUT2D eigenvalue weighted by atomic mass is 9.85. The van der Waals surface area contributed by atoms with Gasteiger partial charge in [-0.1, -0.05) is 26.7 Å². The molecule has 1 aliphatic rings. The maximum Gasteiger partial charge on any atom is 0.139 e. The van der Waals surface area contributed by atoms with Gasteiger partial charge in [0.05, 0.1) is 0 Å². The SMILES string of the molecule is CC(C)(CN)C(=O)CCC1CC1. The van der Waals surface area contributed by atoms with Gasteiger partial charge in [0.2, 0.25) is 0 Å². The minimum absolute atomic E-state index is 0.297. The summed E-state index contributed by atoms with van der Waals surface area (Å²) in [6.07, 6.45) is 4.48. The molecular weight excluding hydrogens is 150 g/mol. The fourth-order valence-corrected chi connectivity index (χ4v) is 1.19. The van der Waals surface area contributed by atoms with E-state index in [1.807, 2.05) is 13.8 Å². The summed E-state index contributed by atoms with van der Waals surface area (Å²) in [7, 11) is 0. The Morgan fingerprint density at radius 1 is 1.50 bits per heavy atom. The van der Waals surface area contributed by atoms with Gasteiger partial charge in [0.25, 0.3) is 0 Å². The van der Waals surface area contributed by atoms with Crippen molar-refractivity contribution < 1.29 is 4.79 Å². The Morgan fingerprint density at radius 3 is 2.50 bits per heavy atom. The maximum atomic E-state index is 11.5. The minimum Gasteiger partial charge on any atom is -0.329 e. The third kappa shape index (κ3) is 2.59. The third-order valence-corrected chi connectivity index (χ3v) is 2.74. The van der Waals surface area contributed by atoms with Gasteiger partial charge in [0, 0.05) is 18.4 Å².